The lowest BCUT2D eigenvalue weighted by atomic mass is 9.77. The molecule has 1 spiro atoms. The summed E-state index contributed by atoms with van der Waals surface area (Å²) >= 11 is 5.87. The zero-order valence-corrected chi connectivity index (χ0v) is 16.5. The van der Waals surface area contributed by atoms with Crippen molar-refractivity contribution in [1.82, 2.24) is 15.8 Å². The SMILES string of the molecule is CC(=O)c1cc(Cl)ccc1OCC(=O)NN1C(=O)NC2(CCC(C)CC2)C1=O. The lowest BCUT2D eigenvalue weighted by Gasteiger charge is -2.33. The van der Waals surface area contributed by atoms with Gasteiger partial charge in [-0.25, -0.2) is 4.79 Å². The van der Waals surface area contributed by atoms with Crippen LogP contribution in [0.2, 0.25) is 5.02 Å². The Morgan fingerprint density at radius 3 is 2.64 bits per heavy atom. The molecule has 9 heteroatoms. The normalized spacial score (nSPS) is 24.2. The minimum absolute atomic E-state index is 0.196. The number of amides is 4. The fraction of sp³-hybridized carbons (Fsp3) is 0.474. The number of carbonyl (C=O) groups excluding carboxylic acids is 4. The maximum atomic E-state index is 12.7. The molecule has 1 saturated heterocycles. The zero-order chi connectivity index (χ0) is 20.5. The Kier molecular flexibility index (Phi) is 5.60. The van der Waals surface area contributed by atoms with Gasteiger partial charge in [0, 0.05) is 5.02 Å². The van der Waals surface area contributed by atoms with Crippen LogP contribution in [0.4, 0.5) is 4.79 Å². The van der Waals surface area contributed by atoms with E-state index in [4.69, 9.17) is 16.3 Å². The van der Waals surface area contributed by atoms with Crippen molar-refractivity contribution in [3.8, 4) is 5.75 Å². The molecule has 3 rings (SSSR count). The van der Waals surface area contributed by atoms with E-state index in [-0.39, 0.29) is 17.1 Å². The minimum atomic E-state index is -0.935. The van der Waals surface area contributed by atoms with Crippen molar-refractivity contribution in [3.63, 3.8) is 0 Å². The van der Waals surface area contributed by atoms with E-state index in [1.54, 1.807) is 0 Å². The first-order chi connectivity index (χ1) is 13.2. The maximum Gasteiger partial charge on any atom is 0.344 e. The van der Waals surface area contributed by atoms with Crippen LogP contribution < -0.4 is 15.5 Å². The first-order valence-electron chi connectivity index (χ1n) is 9.11. The summed E-state index contributed by atoms with van der Waals surface area (Å²) in [6.45, 7) is 3.00. The van der Waals surface area contributed by atoms with Crippen molar-refractivity contribution in [3.05, 3.63) is 28.8 Å². The number of benzene rings is 1. The van der Waals surface area contributed by atoms with Crippen LogP contribution >= 0.6 is 11.6 Å². The minimum Gasteiger partial charge on any atom is -0.483 e. The molecule has 2 aliphatic rings. The Morgan fingerprint density at radius 1 is 1.32 bits per heavy atom. The van der Waals surface area contributed by atoms with E-state index in [1.807, 2.05) is 0 Å². The highest BCUT2D eigenvalue weighted by Crippen LogP contribution is 2.35. The molecule has 1 aliphatic heterocycles. The summed E-state index contributed by atoms with van der Waals surface area (Å²) in [6, 6.07) is 3.82. The molecule has 1 aliphatic carbocycles. The second kappa shape index (κ2) is 7.79. The van der Waals surface area contributed by atoms with Crippen molar-refractivity contribution >= 4 is 35.2 Å². The molecule has 150 valence electrons. The van der Waals surface area contributed by atoms with Gasteiger partial charge in [-0.15, -0.1) is 0 Å². The van der Waals surface area contributed by atoms with Crippen LogP contribution in [0.1, 0.15) is 49.9 Å². The predicted octanol–water partition coefficient (Wildman–Crippen LogP) is 2.45. The third-order valence-corrected chi connectivity index (χ3v) is 5.44. The summed E-state index contributed by atoms with van der Waals surface area (Å²) in [5, 5.41) is 3.81. The first-order valence-corrected chi connectivity index (χ1v) is 9.49. The van der Waals surface area contributed by atoms with Gasteiger partial charge in [0.05, 0.1) is 5.56 Å². The number of nitrogens with one attached hydrogen (secondary N) is 2. The number of hydrogen-bond acceptors (Lipinski definition) is 5. The molecule has 1 saturated carbocycles. The molecule has 0 atom stereocenters. The molecule has 2 fully saturated rings. The largest absolute Gasteiger partial charge is 0.483 e. The van der Waals surface area contributed by atoms with Gasteiger partial charge in [-0.3, -0.25) is 19.8 Å². The topological polar surface area (TPSA) is 105 Å². The highest BCUT2D eigenvalue weighted by atomic mass is 35.5. The van der Waals surface area contributed by atoms with E-state index < -0.39 is 30.0 Å². The number of imide groups is 1. The summed E-state index contributed by atoms with van der Waals surface area (Å²) in [6.07, 6.45) is 2.77. The Balaban J connectivity index is 1.62. The molecule has 1 aromatic carbocycles. The van der Waals surface area contributed by atoms with Gasteiger partial charge >= 0.3 is 6.03 Å². The molecule has 2 N–H and O–H groups in total. The number of carbonyl (C=O) groups is 4. The van der Waals surface area contributed by atoms with E-state index in [9.17, 15) is 19.2 Å². The molecular formula is C19H22ClN3O5. The molecule has 4 amide bonds. The molecule has 0 unspecified atom stereocenters. The van der Waals surface area contributed by atoms with E-state index in [0.29, 0.717) is 23.8 Å². The van der Waals surface area contributed by atoms with Crippen LogP contribution in [0.3, 0.4) is 0 Å². The Bertz CT molecular complexity index is 833. The highest BCUT2D eigenvalue weighted by molar-refractivity contribution is 6.31. The van der Waals surface area contributed by atoms with Crippen molar-refractivity contribution in [1.29, 1.82) is 0 Å². The third-order valence-electron chi connectivity index (χ3n) is 5.21. The number of hydrogen-bond donors (Lipinski definition) is 2. The second-order valence-electron chi connectivity index (χ2n) is 7.36. The van der Waals surface area contributed by atoms with Crippen LogP contribution in [-0.4, -0.2) is 40.8 Å². The molecule has 8 nitrogen and oxygen atoms in total. The summed E-state index contributed by atoms with van der Waals surface area (Å²) < 4.78 is 5.39. The summed E-state index contributed by atoms with van der Waals surface area (Å²) in [4.78, 5) is 48.8. The van der Waals surface area contributed by atoms with Crippen LogP contribution in [0.25, 0.3) is 0 Å². The number of ether oxygens (including phenoxy) is 1. The molecule has 0 radical (unpaired) electrons. The monoisotopic (exact) mass is 407 g/mol. The fourth-order valence-electron chi connectivity index (χ4n) is 3.52. The summed E-state index contributed by atoms with van der Waals surface area (Å²) in [5.74, 6) is -0.701. The van der Waals surface area contributed by atoms with Gasteiger partial charge < -0.3 is 10.1 Å². The molecule has 1 heterocycles. The quantitative estimate of drug-likeness (QED) is 0.576. The van der Waals surface area contributed by atoms with Gasteiger partial charge in [0.2, 0.25) is 0 Å². The highest BCUT2D eigenvalue weighted by Gasteiger charge is 2.52. The molecule has 28 heavy (non-hydrogen) atoms. The lowest BCUT2D eigenvalue weighted by molar-refractivity contribution is -0.140. The van der Waals surface area contributed by atoms with Gasteiger partial charge in [0.1, 0.15) is 11.3 Å². The zero-order valence-electron chi connectivity index (χ0n) is 15.7. The number of hydrazine groups is 1. The van der Waals surface area contributed by atoms with Crippen LogP contribution in [0.5, 0.6) is 5.75 Å². The molecule has 0 bridgehead atoms. The Morgan fingerprint density at radius 2 is 2.00 bits per heavy atom. The number of Topliss-reactive ketones (excluding diaryl/α,β-unsaturated/α-hetero) is 1. The van der Waals surface area contributed by atoms with Gasteiger partial charge in [-0.1, -0.05) is 18.5 Å². The fourth-order valence-corrected chi connectivity index (χ4v) is 3.69. The van der Waals surface area contributed by atoms with Crippen LogP contribution in [-0.2, 0) is 9.59 Å². The predicted molar refractivity (Wildman–Crippen MR) is 101 cm³/mol. The summed E-state index contributed by atoms with van der Waals surface area (Å²) in [7, 11) is 0. The smallest absolute Gasteiger partial charge is 0.344 e. The average molecular weight is 408 g/mol. The van der Waals surface area contributed by atoms with Gasteiger partial charge in [-0.05, 0) is 56.7 Å². The van der Waals surface area contributed by atoms with E-state index in [2.05, 4.69) is 17.7 Å². The van der Waals surface area contributed by atoms with E-state index in [1.165, 1.54) is 25.1 Å². The lowest BCUT2D eigenvalue weighted by Crippen LogP contribution is -2.52. The van der Waals surface area contributed by atoms with Crippen molar-refractivity contribution < 1.29 is 23.9 Å². The van der Waals surface area contributed by atoms with Gasteiger partial charge in [-0.2, -0.15) is 5.01 Å². The number of urea groups is 1. The standard InChI is InChI=1S/C19H22ClN3O5/c1-11-5-7-19(8-6-11)17(26)23(18(27)21-19)22-16(25)10-28-15-4-3-13(20)9-14(15)12(2)24/h3-4,9,11H,5-8,10H2,1-2H3,(H,21,27)(H,22,25). The average Bonchev–Trinajstić information content (AvgIpc) is 2.87. The van der Waals surface area contributed by atoms with E-state index in [0.717, 1.165) is 17.9 Å². The van der Waals surface area contributed by atoms with Crippen molar-refractivity contribution in [2.75, 3.05) is 6.61 Å². The van der Waals surface area contributed by atoms with Gasteiger partial charge in [0.25, 0.3) is 11.8 Å². The molecule has 0 aromatic heterocycles. The van der Waals surface area contributed by atoms with E-state index >= 15 is 0 Å². The number of rotatable bonds is 5. The van der Waals surface area contributed by atoms with Gasteiger partial charge in [0.15, 0.2) is 12.4 Å². The molecule has 1 aromatic rings. The van der Waals surface area contributed by atoms with Crippen LogP contribution in [0, 0.1) is 5.92 Å². The second-order valence-corrected chi connectivity index (χ2v) is 7.79. The Labute approximate surface area is 167 Å². The Hall–Kier alpha value is -2.61. The summed E-state index contributed by atoms with van der Waals surface area (Å²) in [5.41, 5.74) is 1.59. The van der Waals surface area contributed by atoms with Crippen LogP contribution in [0.15, 0.2) is 18.2 Å². The number of nitrogens with zero attached hydrogens (tertiary/aromatic N) is 1. The van der Waals surface area contributed by atoms with Crippen molar-refractivity contribution in [2.24, 2.45) is 5.92 Å². The molecular weight excluding hydrogens is 386 g/mol. The van der Waals surface area contributed by atoms with Crippen molar-refractivity contribution in [2.45, 2.75) is 45.1 Å². The number of halogens is 1. The maximum absolute atomic E-state index is 12.7. The third kappa shape index (κ3) is 3.96. The first kappa shape index (κ1) is 20.1. The number of ketones is 1.